The summed E-state index contributed by atoms with van der Waals surface area (Å²) in [7, 11) is -2.19. The summed E-state index contributed by atoms with van der Waals surface area (Å²) in [6.45, 7) is 5.16. The van der Waals surface area contributed by atoms with Crippen molar-refractivity contribution >= 4 is 21.7 Å². The van der Waals surface area contributed by atoms with Gasteiger partial charge in [-0.3, -0.25) is 4.79 Å². The number of aliphatic carboxylic acids is 1. The molecule has 1 amide bonds. The van der Waals surface area contributed by atoms with Gasteiger partial charge in [-0.05, 0) is 36.6 Å². The first kappa shape index (κ1) is 21.0. The van der Waals surface area contributed by atoms with Gasteiger partial charge in [-0.15, -0.1) is 0 Å². The van der Waals surface area contributed by atoms with Gasteiger partial charge in [0.1, 0.15) is 11.8 Å². The molecular weight excluding hydrogens is 346 g/mol. The molecule has 2 N–H and O–H groups in total. The fraction of sp³-hybridized carbons (Fsp3) is 0.529. The van der Waals surface area contributed by atoms with E-state index in [1.54, 1.807) is 0 Å². The summed E-state index contributed by atoms with van der Waals surface area (Å²) in [6.07, 6.45) is 0.277. The van der Waals surface area contributed by atoms with Gasteiger partial charge in [-0.1, -0.05) is 20.8 Å². The van der Waals surface area contributed by atoms with Crippen molar-refractivity contribution in [3.05, 3.63) is 24.3 Å². The van der Waals surface area contributed by atoms with Crippen LogP contribution in [0.3, 0.4) is 0 Å². The largest absolute Gasteiger partial charge is 0.497 e. The molecule has 0 spiro atoms. The first-order valence-electron chi connectivity index (χ1n) is 7.96. The van der Waals surface area contributed by atoms with Crippen molar-refractivity contribution in [1.82, 2.24) is 5.32 Å². The van der Waals surface area contributed by atoms with Crippen molar-refractivity contribution in [2.75, 3.05) is 12.9 Å². The lowest BCUT2D eigenvalue weighted by molar-refractivity contribution is -0.142. The molecule has 0 heterocycles. The van der Waals surface area contributed by atoms with Gasteiger partial charge in [0.2, 0.25) is 5.91 Å². The molecule has 7 nitrogen and oxygen atoms in total. The summed E-state index contributed by atoms with van der Waals surface area (Å²) < 4.78 is 29.8. The summed E-state index contributed by atoms with van der Waals surface area (Å²) in [6, 6.07) is 4.86. The number of amides is 1. The highest BCUT2D eigenvalue weighted by molar-refractivity contribution is 7.91. The summed E-state index contributed by atoms with van der Waals surface area (Å²) in [5.74, 6) is -2.39. The van der Waals surface area contributed by atoms with Crippen LogP contribution in [0.4, 0.5) is 0 Å². The zero-order valence-electron chi connectivity index (χ0n) is 14.9. The van der Waals surface area contributed by atoms with E-state index in [0.717, 1.165) is 0 Å². The summed E-state index contributed by atoms with van der Waals surface area (Å²) >= 11 is 0. The molecule has 0 aromatic heterocycles. The second-order valence-corrected chi connectivity index (χ2v) is 8.42. The molecule has 1 aromatic carbocycles. The number of carbonyl (C=O) groups is 2. The van der Waals surface area contributed by atoms with Crippen molar-refractivity contribution in [3.63, 3.8) is 0 Å². The number of hydrogen-bond donors (Lipinski definition) is 2. The quantitative estimate of drug-likeness (QED) is 0.684. The second-order valence-electron chi connectivity index (χ2n) is 6.39. The molecule has 1 unspecified atom stereocenters. The third-order valence-corrected chi connectivity index (χ3v) is 5.59. The standard InChI is InChI=1S/C17H25NO6S/c1-11(2)9-15(17(20)21)18-16(19)12(3)10-25(22,23)14-7-5-13(24-4)6-8-14/h5-8,11-12,15H,9-10H2,1-4H3,(H,18,19)(H,20,21)/t12?,15-/m1/s1. The molecular formula is C17H25NO6S. The van der Waals surface area contributed by atoms with Gasteiger partial charge in [-0.2, -0.15) is 0 Å². The SMILES string of the molecule is COc1ccc(S(=O)(=O)CC(C)C(=O)N[C@H](CC(C)C)C(=O)O)cc1. The van der Waals surface area contributed by atoms with E-state index < -0.39 is 39.4 Å². The number of carboxylic acid groups (broad SMARTS) is 1. The first-order valence-corrected chi connectivity index (χ1v) is 9.62. The van der Waals surface area contributed by atoms with Crippen LogP contribution in [-0.4, -0.2) is 44.3 Å². The monoisotopic (exact) mass is 371 g/mol. The number of carbonyl (C=O) groups excluding carboxylic acids is 1. The molecule has 2 atom stereocenters. The maximum Gasteiger partial charge on any atom is 0.326 e. The van der Waals surface area contributed by atoms with Gasteiger partial charge >= 0.3 is 5.97 Å². The number of nitrogens with one attached hydrogen (secondary N) is 1. The van der Waals surface area contributed by atoms with Crippen LogP contribution in [0.2, 0.25) is 0 Å². The van der Waals surface area contributed by atoms with Crippen LogP contribution >= 0.6 is 0 Å². The van der Waals surface area contributed by atoms with Gasteiger partial charge < -0.3 is 15.2 Å². The van der Waals surface area contributed by atoms with Crippen LogP contribution in [0, 0.1) is 11.8 Å². The fourth-order valence-corrected chi connectivity index (χ4v) is 3.84. The molecule has 1 aromatic rings. The number of hydrogen-bond acceptors (Lipinski definition) is 5. The minimum atomic E-state index is -3.67. The molecule has 0 aliphatic heterocycles. The Morgan fingerprint density at radius 2 is 1.72 bits per heavy atom. The average Bonchev–Trinajstić information content (AvgIpc) is 2.53. The normalized spacial score (nSPS) is 14.0. The molecule has 8 heteroatoms. The van der Waals surface area contributed by atoms with Crippen LogP contribution in [0.1, 0.15) is 27.2 Å². The number of carboxylic acids is 1. The van der Waals surface area contributed by atoms with Gasteiger partial charge in [-0.25, -0.2) is 13.2 Å². The van der Waals surface area contributed by atoms with Crippen LogP contribution in [0.25, 0.3) is 0 Å². The third kappa shape index (κ3) is 6.38. The van der Waals surface area contributed by atoms with E-state index in [4.69, 9.17) is 9.84 Å². The van der Waals surface area contributed by atoms with Gasteiger partial charge in [0, 0.05) is 5.92 Å². The smallest absolute Gasteiger partial charge is 0.326 e. The van der Waals surface area contributed by atoms with Crippen LogP contribution < -0.4 is 10.1 Å². The lowest BCUT2D eigenvalue weighted by Gasteiger charge is -2.19. The van der Waals surface area contributed by atoms with Crippen LogP contribution in [-0.2, 0) is 19.4 Å². The van der Waals surface area contributed by atoms with E-state index in [2.05, 4.69) is 5.32 Å². The van der Waals surface area contributed by atoms with Gasteiger partial charge in [0.25, 0.3) is 0 Å². The average molecular weight is 371 g/mol. The van der Waals surface area contributed by atoms with E-state index in [-0.39, 0.29) is 17.2 Å². The van der Waals surface area contributed by atoms with Crippen molar-refractivity contribution in [3.8, 4) is 5.75 Å². The van der Waals surface area contributed by atoms with E-state index in [9.17, 15) is 18.0 Å². The van der Waals surface area contributed by atoms with E-state index in [1.165, 1.54) is 38.3 Å². The van der Waals surface area contributed by atoms with E-state index >= 15 is 0 Å². The van der Waals surface area contributed by atoms with E-state index in [0.29, 0.717) is 5.75 Å². The number of ether oxygens (including phenoxy) is 1. The Morgan fingerprint density at radius 1 is 1.16 bits per heavy atom. The van der Waals surface area contributed by atoms with Crippen molar-refractivity contribution in [1.29, 1.82) is 0 Å². The number of rotatable bonds is 9. The van der Waals surface area contributed by atoms with Crippen molar-refractivity contribution < 1.29 is 27.9 Å². The van der Waals surface area contributed by atoms with Crippen LogP contribution in [0.5, 0.6) is 5.75 Å². The predicted octanol–water partition coefficient (Wildman–Crippen LogP) is 1.72. The molecule has 140 valence electrons. The Hall–Kier alpha value is -2.09. The molecule has 0 radical (unpaired) electrons. The topological polar surface area (TPSA) is 110 Å². The fourth-order valence-electron chi connectivity index (χ4n) is 2.29. The highest BCUT2D eigenvalue weighted by Crippen LogP contribution is 2.19. The molecule has 0 saturated carbocycles. The minimum Gasteiger partial charge on any atom is -0.497 e. The lowest BCUT2D eigenvalue weighted by Crippen LogP contribution is -2.45. The summed E-state index contributed by atoms with van der Waals surface area (Å²) in [4.78, 5) is 23.5. The Bertz CT molecular complexity index is 696. The minimum absolute atomic E-state index is 0.0831. The Labute approximate surface area is 148 Å². The second kappa shape index (κ2) is 8.84. The van der Waals surface area contributed by atoms with Gasteiger partial charge in [0.05, 0.1) is 17.8 Å². The molecule has 1 rings (SSSR count). The Kier molecular flexibility index (Phi) is 7.41. The Balaban J connectivity index is 2.79. The number of benzene rings is 1. The molecule has 0 fully saturated rings. The molecule has 0 bridgehead atoms. The molecule has 0 aliphatic carbocycles. The van der Waals surface area contributed by atoms with Gasteiger partial charge in [0.15, 0.2) is 9.84 Å². The van der Waals surface area contributed by atoms with Crippen LogP contribution in [0.15, 0.2) is 29.2 Å². The lowest BCUT2D eigenvalue weighted by atomic mass is 10.0. The highest BCUT2D eigenvalue weighted by atomic mass is 32.2. The highest BCUT2D eigenvalue weighted by Gasteiger charge is 2.27. The first-order chi connectivity index (χ1) is 11.6. The van der Waals surface area contributed by atoms with Crippen molar-refractivity contribution in [2.24, 2.45) is 11.8 Å². The Morgan fingerprint density at radius 3 is 2.16 bits per heavy atom. The molecule has 0 saturated heterocycles. The van der Waals surface area contributed by atoms with Crippen molar-refractivity contribution in [2.45, 2.75) is 38.1 Å². The third-order valence-electron chi connectivity index (χ3n) is 3.66. The van der Waals surface area contributed by atoms with E-state index in [1.807, 2.05) is 13.8 Å². The number of sulfone groups is 1. The predicted molar refractivity (Wildman–Crippen MR) is 93.2 cm³/mol. The zero-order chi connectivity index (χ0) is 19.2. The molecule has 0 aliphatic rings. The molecule has 25 heavy (non-hydrogen) atoms. The summed E-state index contributed by atoms with van der Waals surface area (Å²) in [5, 5.41) is 11.6. The summed E-state index contributed by atoms with van der Waals surface area (Å²) in [5.41, 5.74) is 0. The zero-order valence-corrected chi connectivity index (χ0v) is 15.7. The maximum absolute atomic E-state index is 12.4. The number of methoxy groups -OCH3 is 1. The maximum atomic E-state index is 12.4.